The number of aliphatic hydroxyl groups excluding tert-OH is 2. The van der Waals surface area contributed by atoms with Gasteiger partial charge in [-0.1, -0.05) is 19.3 Å². The topological polar surface area (TPSA) is 121 Å². The summed E-state index contributed by atoms with van der Waals surface area (Å²) in [6.45, 7) is -0.530. The van der Waals surface area contributed by atoms with E-state index in [1.807, 2.05) is 0 Å². The lowest BCUT2D eigenvalue weighted by molar-refractivity contribution is -0.321. The fourth-order valence-electron chi connectivity index (χ4n) is 2.20. The molecule has 0 aromatic heterocycles. The average molecular weight is 274 g/mol. The van der Waals surface area contributed by atoms with Crippen LogP contribution in [0.1, 0.15) is 51.4 Å². The van der Waals surface area contributed by atoms with Crippen molar-refractivity contribution in [2.24, 2.45) is 5.41 Å². The van der Waals surface area contributed by atoms with Gasteiger partial charge in [0.15, 0.2) is 0 Å². The van der Waals surface area contributed by atoms with Crippen molar-refractivity contribution in [2.45, 2.75) is 51.4 Å². The molecule has 6 heteroatoms. The Morgan fingerprint density at radius 3 is 1.79 bits per heavy atom. The van der Waals surface area contributed by atoms with Crippen LogP contribution in [0.25, 0.3) is 0 Å². The Balaban J connectivity index is 4.11. The quantitative estimate of drug-likeness (QED) is 0.421. The monoisotopic (exact) mass is 274 g/mol. The summed E-state index contributed by atoms with van der Waals surface area (Å²) < 4.78 is 0. The molecule has 2 N–H and O–H groups in total. The van der Waals surface area contributed by atoms with Gasteiger partial charge < -0.3 is 30.0 Å². The number of carboxylic acids is 2. The second-order valence-corrected chi connectivity index (χ2v) is 4.80. The van der Waals surface area contributed by atoms with Crippen LogP contribution in [0.15, 0.2) is 0 Å². The lowest BCUT2D eigenvalue weighted by Gasteiger charge is -2.34. The molecule has 0 aliphatic carbocycles. The molecular weight excluding hydrogens is 252 g/mol. The predicted molar refractivity (Wildman–Crippen MR) is 63.6 cm³/mol. The van der Waals surface area contributed by atoms with Crippen molar-refractivity contribution in [3.63, 3.8) is 0 Å². The zero-order valence-electron chi connectivity index (χ0n) is 11.1. The first-order valence-electron chi connectivity index (χ1n) is 6.61. The summed E-state index contributed by atoms with van der Waals surface area (Å²) in [6.07, 6.45) is 2.97. The van der Waals surface area contributed by atoms with Crippen molar-refractivity contribution in [2.75, 3.05) is 13.2 Å². The minimum Gasteiger partial charge on any atom is -0.550 e. The van der Waals surface area contributed by atoms with Crippen LogP contribution >= 0.6 is 0 Å². The van der Waals surface area contributed by atoms with E-state index in [1.165, 1.54) is 0 Å². The van der Waals surface area contributed by atoms with Crippen molar-refractivity contribution in [3.05, 3.63) is 0 Å². The van der Waals surface area contributed by atoms with Gasteiger partial charge in [0, 0.05) is 30.6 Å². The second kappa shape index (κ2) is 9.75. The van der Waals surface area contributed by atoms with Crippen LogP contribution < -0.4 is 10.2 Å². The Hall–Kier alpha value is -1.14. The number of hydrogen-bond donors (Lipinski definition) is 2. The summed E-state index contributed by atoms with van der Waals surface area (Å²) in [5.41, 5.74) is -1.18. The molecule has 0 radical (unpaired) electrons. The number of rotatable bonds is 12. The third-order valence-corrected chi connectivity index (χ3v) is 3.40. The van der Waals surface area contributed by atoms with Crippen LogP contribution in [-0.2, 0) is 9.59 Å². The molecule has 0 aromatic carbocycles. The van der Waals surface area contributed by atoms with Crippen molar-refractivity contribution in [1.29, 1.82) is 0 Å². The molecule has 0 saturated heterocycles. The Labute approximate surface area is 113 Å². The number of unbranched alkanes of at least 4 members (excludes halogenated alkanes) is 3. The molecule has 6 nitrogen and oxygen atoms in total. The molecule has 0 aromatic rings. The van der Waals surface area contributed by atoms with Crippen molar-refractivity contribution < 1.29 is 30.0 Å². The van der Waals surface area contributed by atoms with E-state index < -0.39 is 17.4 Å². The largest absolute Gasteiger partial charge is 0.550 e. The van der Waals surface area contributed by atoms with Crippen LogP contribution in [0.4, 0.5) is 0 Å². The normalized spacial score (nSPS) is 11.5. The van der Waals surface area contributed by atoms with Crippen LogP contribution in [-0.4, -0.2) is 35.4 Å². The average Bonchev–Trinajstić information content (AvgIpc) is 2.33. The first-order chi connectivity index (χ1) is 8.98. The molecule has 0 amide bonds. The van der Waals surface area contributed by atoms with Gasteiger partial charge >= 0.3 is 0 Å². The SMILES string of the molecule is O=C([O-])CCCCCCC(CCO)(CCO)C(=O)[O-]. The maximum Gasteiger partial charge on any atom is 0.0477 e. The number of carbonyl (C=O) groups is 2. The van der Waals surface area contributed by atoms with Crippen LogP contribution in [0.3, 0.4) is 0 Å². The van der Waals surface area contributed by atoms with Gasteiger partial charge in [0.05, 0.1) is 0 Å². The summed E-state index contributed by atoms with van der Waals surface area (Å²) >= 11 is 0. The van der Waals surface area contributed by atoms with Crippen molar-refractivity contribution in [1.82, 2.24) is 0 Å². The third kappa shape index (κ3) is 7.12. The van der Waals surface area contributed by atoms with E-state index >= 15 is 0 Å². The van der Waals surface area contributed by atoms with Gasteiger partial charge in [-0.3, -0.25) is 0 Å². The van der Waals surface area contributed by atoms with E-state index in [9.17, 15) is 19.8 Å². The maximum atomic E-state index is 11.2. The summed E-state index contributed by atoms with van der Waals surface area (Å²) in [6, 6.07) is 0. The van der Waals surface area contributed by atoms with Crippen molar-refractivity contribution in [3.8, 4) is 0 Å². The standard InChI is InChI=1S/C13H24O6/c14-9-7-13(8-10-15,12(18)19)6-4-2-1-3-5-11(16)17/h14-15H,1-10H2,(H,16,17)(H,18,19)/p-2. The number of aliphatic carboxylic acids is 2. The van der Waals surface area contributed by atoms with E-state index in [1.54, 1.807) is 0 Å². The highest BCUT2D eigenvalue weighted by atomic mass is 16.4. The van der Waals surface area contributed by atoms with Gasteiger partial charge in [0.1, 0.15) is 0 Å². The zero-order chi connectivity index (χ0) is 14.7. The van der Waals surface area contributed by atoms with Gasteiger partial charge in [0.25, 0.3) is 0 Å². The summed E-state index contributed by atoms with van der Waals surface area (Å²) in [5, 5.41) is 39.3. The van der Waals surface area contributed by atoms with Gasteiger partial charge in [-0.25, -0.2) is 0 Å². The van der Waals surface area contributed by atoms with E-state index in [-0.39, 0.29) is 32.5 Å². The maximum absolute atomic E-state index is 11.2. The molecule has 0 heterocycles. The highest BCUT2D eigenvalue weighted by molar-refractivity contribution is 5.72. The number of carboxylic acid groups (broad SMARTS) is 2. The molecule has 19 heavy (non-hydrogen) atoms. The Bertz CT molecular complexity index is 270. The summed E-state index contributed by atoms with van der Waals surface area (Å²) in [7, 11) is 0. The fourth-order valence-corrected chi connectivity index (χ4v) is 2.20. The first-order valence-corrected chi connectivity index (χ1v) is 6.61. The van der Waals surface area contributed by atoms with Crippen LogP contribution in [0.2, 0.25) is 0 Å². The lowest BCUT2D eigenvalue weighted by Crippen LogP contribution is -2.43. The number of carbonyl (C=O) groups excluding carboxylic acids is 2. The Morgan fingerprint density at radius 1 is 0.842 bits per heavy atom. The van der Waals surface area contributed by atoms with E-state index in [0.717, 1.165) is 0 Å². The van der Waals surface area contributed by atoms with Gasteiger partial charge in [0.2, 0.25) is 0 Å². The summed E-state index contributed by atoms with van der Waals surface area (Å²) in [4.78, 5) is 21.4. The van der Waals surface area contributed by atoms with Crippen LogP contribution in [0.5, 0.6) is 0 Å². The molecule has 0 spiro atoms. The molecule has 0 fully saturated rings. The Kier molecular flexibility index (Phi) is 9.16. The molecule has 0 atom stereocenters. The minimum atomic E-state index is -1.25. The molecule has 0 aliphatic rings. The lowest BCUT2D eigenvalue weighted by atomic mass is 9.77. The number of aliphatic hydroxyl groups is 2. The van der Waals surface area contributed by atoms with Crippen LogP contribution in [0, 0.1) is 5.41 Å². The number of hydrogen-bond acceptors (Lipinski definition) is 6. The molecule has 0 saturated carbocycles. The molecule has 0 unspecified atom stereocenters. The zero-order valence-corrected chi connectivity index (χ0v) is 11.1. The van der Waals surface area contributed by atoms with E-state index in [0.29, 0.717) is 32.1 Å². The summed E-state index contributed by atoms with van der Waals surface area (Å²) in [5.74, 6) is -2.32. The molecule has 0 rings (SSSR count). The highest BCUT2D eigenvalue weighted by Crippen LogP contribution is 2.32. The highest BCUT2D eigenvalue weighted by Gasteiger charge is 2.30. The fraction of sp³-hybridized carbons (Fsp3) is 0.846. The van der Waals surface area contributed by atoms with Gasteiger partial charge in [-0.15, -0.1) is 0 Å². The van der Waals surface area contributed by atoms with E-state index in [4.69, 9.17) is 10.2 Å². The van der Waals surface area contributed by atoms with Crippen molar-refractivity contribution >= 4 is 11.9 Å². The third-order valence-electron chi connectivity index (χ3n) is 3.40. The molecule has 112 valence electrons. The van der Waals surface area contributed by atoms with Gasteiger partial charge in [-0.2, -0.15) is 0 Å². The van der Waals surface area contributed by atoms with Gasteiger partial charge in [-0.05, 0) is 32.1 Å². The first kappa shape index (κ1) is 17.9. The predicted octanol–water partition coefficient (Wildman–Crippen LogP) is -1.42. The molecular formula is C13H22O6-2. The Morgan fingerprint density at radius 2 is 1.37 bits per heavy atom. The van der Waals surface area contributed by atoms with E-state index in [2.05, 4.69) is 0 Å². The minimum absolute atomic E-state index is 0.0128. The molecule has 0 aliphatic heterocycles. The smallest absolute Gasteiger partial charge is 0.0477 e. The second-order valence-electron chi connectivity index (χ2n) is 4.80. The molecule has 0 bridgehead atoms.